The second-order valence-corrected chi connectivity index (χ2v) is 5.04. The van der Waals surface area contributed by atoms with Crippen LogP contribution >= 0.6 is 0 Å². The zero-order valence-corrected chi connectivity index (χ0v) is 10.4. The number of piperidine rings is 1. The van der Waals surface area contributed by atoms with E-state index in [0.29, 0.717) is 0 Å². The van der Waals surface area contributed by atoms with Gasteiger partial charge in [0.15, 0.2) is 0 Å². The summed E-state index contributed by atoms with van der Waals surface area (Å²) in [6.07, 6.45) is 3.64. The molecule has 0 bridgehead atoms. The fourth-order valence-corrected chi connectivity index (χ4v) is 2.54. The van der Waals surface area contributed by atoms with Gasteiger partial charge in [-0.1, -0.05) is 18.2 Å². The molecule has 0 unspecified atom stereocenters. The molecule has 0 aliphatic carbocycles. The van der Waals surface area contributed by atoms with Crippen molar-refractivity contribution < 1.29 is 5.11 Å². The van der Waals surface area contributed by atoms with Gasteiger partial charge in [-0.2, -0.15) is 0 Å². The molecule has 2 aromatic rings. The number of fused-ring (bicyclic) bond motifs is 1. The van der Waals surface area contributed by atoms with Crippen LogP contribution in [0.4, 0.5) is 0 Å². The van der Waals surface area contributed by atoms with E-state index in [2.05, 4.69) is 22.0 Å². The minimum atomic E-state index is -0.101. The molecule has 1 aliphatic rings. The third kappa shape index (κ3) is 2.52. The van der Waals surface area contributed by atoms with E-state index in [-0.39, 0.29) is 6.10 Å². The number of nitrogens with zero attached hydrogens (tertiary/aromatic N) is 2. The summed E-state index contributed by atoms with van der Waals surface area (Å²) in [5, 5.41) is 10.7. The number of hydrogen-bond donors (Lipinski definition) is 1. The second-order valence-electron chi connectivity index (χ2n) is 5.04. The van der Waals surface area contributed by atoms with Gasteiger partial charge in [0.25, 0.3) is 0 Å². The predicted octanol–water partition coefficient (Wildman–Crippen LogP) is 2.19. The molecule has 0 atom stereocenters. The molecule has 0 saturated carbocycles. The van der Waals surface area contributed by atoms with Gasteiger partial charge in [-0.25, -0.2) is 0 Å². The molecule has 1 aliphatic heterocycles. The Kier molecular flexibility index (Phi) is 3.26. The molecule has 1 fully saturated rings. The van der Waals surface area contributed by atoms with E-state index in [9.17, 15) is 5.11 Å². The molecule has 3 rings (SSSR count). The van der Waals surface area contributed by atoms with Crippen molar-refractivity contribution in [3.63, 3.8) is 0 Å². The van der Waals surface area contributed by atoms with E-state index in [1.165, 1.54) is 10.9 Å². The van der Waals surface area contributed by atoms with E-state index in [1.807, 2.05) is 24.4 Å². The molecule has 1 aromatic heterocycles. The Morgan fingerprint density at radius 2 is 2.00 bits per heavy atom. The molecule has 3 heteroatoms. The summed E-state index contributed by atoms with van der Waals surface area (Å²) < 4.78 is 0. The predicted molar refractivity (Wildman–Crippen MR) is 72.3 cm³/mol. The van der Waals surface area contributed by atoms with Gasteiger partial charge in [-0.3, -0.25) is 9.88 Å². The van der Waals surface area contributed by atoms with Crippen LogP contribution in [0.15, 0.2) is 36.5 Å². The molecule has 1 saturated heterocycles. The van der Waals surface area contributed by atoms with Gasteiger partial charge in [0.2, 0.25) is 0 Å². The average molecular weight is 242 g/mol. The first-order chi connectivity index (χ1) is 8.81. The van der Waals surface area contributed by atoms with E-state index >= 15 is 0 Å². The molecule has 1 aromatic carbocycles. The van der Waals surface area contributed by atoms with Crippen LogP contribution in [0, 0.1) is 0 Å². The molecule has 2 heterocycles. The summed E-state index contributed by atoms with van der Waals surface area (Å²) in [6.45, 7) is 2.90. The van der Waals surface area contributed by atoms with Crippen LogP contribution in [0.5, 0.6) is 0 Å². The van der Waals surface area contributed by atoms with Crippen LogP contribution in [0.2, 0.25) is 0 Å². The topological polar surface area (TPSA) is 36.4 Å². The van der Waals surface area contributed by atoms with E-state index in [4.69, 9.17) is 0 Å². The first kappa shape index (κ1) is 11.6. The maximum absolute atomic E-state index is 9.50. The van der Waals surface area contributed by atoms with E-state index < -0.39 is 0 Å². The minimum absolute atomic E-state index is 0.101. The van der Waals surface area contributed by atoms with Crippen LogP contribution in [0.1, 0.15) is 18.4 Å². The maximum atomic E-state index is 9.50. The molecule has 0 spiro atoms. The largest absolute Gasteiger partial charge is 0.393 e. The minimum Gasteiger partial charge on any atom is -0.393 e. The Morgan fingerprint density at radius 3 is 2.83 bits per heavy atom. The SMILES string of the molecule is OC1CCN(Cc2cnc3ccccc3c2)CC1. The fraction of sp³-hybridized carbons (Fsp3) is 0.400. The summed E-state index contributed by atoms with van der Waals surface area (Å²) in [5.41, 5.74) is 2.31. The standard InChI is InChI=1S/C15H18N2O/c18-14-5-7-17(8-6-14)11-12-9-13-3-1-2-4-15(13)16-10-12/h1-4,9-10,14,18H,5-8,11H2. The zero-order valence-electron chi connectivity index (χ0n) is 10.4. The number of rotatable bonds is 2. The smallest absolute Gasteiger partial charge is 0.0702 e. The highest BCUT2D eigenvalue weighted by atomic mass is 16.3. The third-order valence-corrected chi connectivity index (χ3v) is 3.61. The van der Waals surface area contributed by atoms with Gasteiger partial charge < -0.3 is 5.11 Å². The Hall–Kier alpha value is -1.45. The highest BCUT2D eigenvalue weighted by Crippen LogP contribution is 2.16. The monoisotopic (exact) mass is 242 g/mol. The number of aromatic nitrogens is 1. The molecule has 18 heavy (non-hydrogen) atoms. The molecule has 0 radical (unpaired) electrons. The van der Waals surface area contributed by atoms with Crippen molar-refractivity contribution in [1.29, 1.82) is 0 Å². The van der Waals surface area contributed by atoms with E-state index in [0.717, 1.165) is 38.0 Å². The summed E-state index contributed by atoms with van der Waals surface area (Å²) in [6, 6.07) is 10.4. The molecule has 1 N–H and O–H groups in total. The highest BCUT2D eigenvalue weighted by Gasteiger charge is 2.16. The van der Waals surface area contributed by atoms with Crippen molar-refractivity contribution in [3.05, 3.63) is 42.1 Å². The van der Waals surface area contributed by atoms with Crippen LogP contribution in [0.3, 0.4) is 0 Å². The molecule has 0 amide bonds. The number of para-hydroxylation sites is 1. The summed E-state index contributed by atoms with van der Waals surface area (Å²) >= 11 is 0. The van der Waals surface area contributed by atoms with Gasteiger partial charge >= 0.3 is 0 Å². The van der Waals surface area contributed by atoms with Gasteiger partial charge in [0.05, 0.1) is 11.6 Å². The zero-order chi connectivity index (χ0) is 12.4. The van der Waals surface area contributed by atoms with Gasteiger partial charge in [0.1, 0.15) is 0 Å². The van der Waals surface area contributed by atoms with Crippen LogP contribution in [-0.4, -0.2) is 34.2 Å². The van der Waals surface area contributed by atoms with Gasteiger partial charge in [0, 0.05) is 31.2 Å². The second kappa shape index (κ2) is 5.04. The Balaban J connectivity index is 1.74. The highest BCUT2D eigenvalue weighted by molar-refractivity contribution is 5.78. The summed E-state index contributed by atoms with van der Waals surface area (Å²) in [5.74, 6) is 0. The lowest BCUT2D eigenvalue weighted by atomic mass is 10.1. The average Bonchev–Trinajstić information content (AvgIpc) is 2.41. The summed E-state index contributed by atoms with van der Waals surface area (Å²) in [7, 11) is 0. The van der Waals surface area contributed by atoms with Gasteiger partial charge in [-0.05, 0) is 30.5 Å². The number of hydrogen-bond acceptors (Lipinski definition) is 3. The molecule has 3 nitrogen and oxygen atoms in total. The number of aliphatic hydroxyl groups excluding tert-OH is 1. The van der Waals surface area contributed by atoms with Crippen LogP contribution in [0.25, 0.3) is 10.9 Å². The molecular weight excluding hydrogens is 224 g/mol. The Morgan fingerprint density at radius 1 is 1.22 bits per heavy atom. The number of likely N-dealkylation sites (tertiary alicyclic amines) is 1. The molecular formula is C15H18N2O. The fourth-order valence-electron chi connectivity index (χ4n) is 2.54. The van der Waals surface area contributed by atoms with Crippen molar-refractivity contribution in [2.45, 2.75) is 25.5 Å². The lowest BCUT2D eigenvalue weighted by Gasteiger charge is -2.29. The Bertz CT molecular complexity index is 533. The van der Waals surface area contributed by atoms with Crippen molar-refractivity contribution in [2.75, 3.05) is 13.1 Å². The third-order valence-electron chi connectivity index (χ3n) is 3.61. The van der Waals surface area contributed by atoms with Crippen molar-refractivity contribution >= 4 is 10.9 Å². The van der Waals surface area contributed by atoms with Crippen molar-refractivity contribution in [1.82, 2.24) is 9.88 Å². The van der Waals surface area contributed by atoms with E-state index in [1.54, 1.807) is 0 Å². The molecule has 94 valence electrons. The summed E-state index contributed by atoms with van der Waals surface area (Å²) in [4.78, 5) is 6.87. The number of pyridine rings is 1. The first-order valence-corrected chi connectivity index (χ1v) is 6.55. The first-order valence-electron chi connectivity index (χ1n) is 6.55. The lowest BCUT2D eigenvalue weighted by Crippen LogP contribution is -2.35. The number of aliphatic hydroxyl groups is 1. The Labute approximate surface area is 107 Å². The van der Waals surface area contributed by atoms with Crippen LogP contribution in [-0.2, 0) is 6.54 Å². The maximum Gasteiger partial charge on any atom is 0.0702 e. The van der Waals surface area contributed by atoms with Crippen molar-refractivity contribution in [3.8, 4) is 0 Å². The van der Waals surface area contributed by atoms with Crippen LogP contribution < -0.4 is 0 Å². The lowest BCUT2D eigenvalue weighted by molar-refractivity contribution is 0.0792. The van der Waals surface area contributed by atoms with Crippen molar-refractivity contribution in [2.24, 2.45) is 0 Å². The normalized spacial score (nSPS) is 18.3. The van der Waals surface area contributed by atoms with Gasteiger partial charge in [-0.15, -0.1) is 0 Å². The number of benzene rings is 1. The quantitative estimate of drug-likeness (QED) is 0.877.